The summed E-state index contributed by atoms with van der Waals surface area (Å²) in [6.07, 6.45) is 5.30. The summed E-state index contributed by atoms with van der Waals surface area (Å²) >= 11 is 0. The van der Waals surface area contributed by atoms with Crippen LogP contribution in [0.2, 0.25) is 0 Å². The third kappa shape index (κ3) is 5.38. The first-order valence-corrected chi connectivity index (χ1v) is 4.83. The molecule has 1 N–H and O–H groups in total. The van der Waals surface area contributed by atoms with E-state index in [1.807, 2.05) is 0 Å². The molecule has 1 nitrogen and oxygen atoms in total. The third-order valence-electron chi connectivity index (χ3n) is 2.24. The van der Waals surface area contributed by atoms with Crippen LogP contribution < -0.4 is 24.8 Å². The molecule has 0 bridgehead atoms. The quantitative estimate of drug-likeness (QED) is 0.499. The third-order valence-corrected chi connectivity index (χ3v) is 2.24. The Bertz CT molecular complexity index is 266. The van der Waals surface area contributed by atoms with E-state index in [0.29, 0.717) is 0 Å². The van der Waals surface area contributed by atoms with E-state index in [9.17, 15) is 0 Å². The Morgan fingerprint density at radius 2 is 1.38 bits per heavy atom. The number of H-pyrrole nitrogens is 1. The van der Waals surface area contributed by atoms with Gasteiger partial charge >= 0.3 is 26.2 Å². The Morgan fingerprint density at radius 1 is 0.938 bits per heavy atom. The molecular formula is C12H20Cl2NZr. The Kier molecular flexibility index (Phi) is 9.94. The van der Waals surface area contributed by atoms with E-state index < -0.39 is 0 Å². The topological polar surface area (TPSA) is 15.8 Å². The normalized spacial score (nSPS) is 10.9. The fourth-order valence-electron chi connectivity index (χ4n) is 1.50. The van der Waals surface area contributed by atoms with Crippen molar-refractivity contribution in [1.29, 1.82) is 0 Å². The van der Waals surface area contributed by atoms with Gasteiger partial charge in [0.1, 0.15) is 0 Å². The van der Waals surface area contributed by atoms with Crippen molar-refractivity contribution in [3.05, 3.63) is 23.5 Å². The molecule has 0 fully saturated rings. The smallest absolute Gasteiger partial charge is 1.00 e. The van der Waals surface area contributed by atoms with Crippen molar-refractivity contribution in [2.75, 3.05) is 0 Å². The van der Waals surface area contributed by atoms with Crippen LogP contribution in [0.5, 0.6) is 0 Å². The minimum Gasteiger partial charge on any atom is -1.00 e. The molecule has 0 atom stereocenters. The van der Waals surface area contributed by atoms with Gasteiger partial charge in [-0.25, -0.2) is 0 Å². The molecule has 1 aromatic rings. The number of aromatic amines is 1. The summed E-state index contributed by atoms with van der Waals surface area (Å²) in [5.74, 6) is 0. The fourth-order valence-corrected chi connectivity index (χ4v) is 1.50. The summed E-state index contributed by atoms with van der Waals surface area (Å²) in [7, 11) is 0. The predicted molar refractivity (Wildman–Crippen MR) is 57.0 cm³/mol. The van der Waals surface area contributed by atoms with Crippen molar-refractivity contribution >= 4 is 0 Å². The van der Waals surface area contributed by atoms with Crippen LogP contribution in [0.15, 0.2) is 6.20 Å². The molecule has 0 aliphatic heterocycles. The van der Waals surface area contributed by atoms with Gasteiger partial charge in [-0.1, -0.05) is 47.0 Å². The van der Waals surface area contributed by atoms with Gasteiger partial charge in [0.2, 0.25) is 0 Å². The average molecular weight is 340 g/mol. The van der Waals surface area contributed by atoms with Gasteiger partial charge in [-0.05, 0) is 5.41 Å². The molecule has 0 saturated heterocycles. The predicted octanol–water partition coefficient (Wildman–Crippen LogP) is -2.58. The minimum atomic E-state index is 0. The van der Waals surface area contributed by atoms with Crippen molar-refractivity contribution in [3.63, 3.8) is 0 Å². The van der Waals surface area contributed by atoms with Gasteiger partial charge < -0.3 is 29.8 Å². The van der Waals surface area contributed by atoms with Crippen molar-refractivity contribution in [3.8, 4) is 0 Å². The van der Waals surface area contributed by atoms with Gasteiger partial charge in [-0.2, -0.15) is 5.56 Å². The van der Waals surface area contributed by atoms with E-state index in [-0.39, 0.29) is 61.8 Å². The summed E-state index contributed by atoms with van der Waals surface area (Å²) in [6, 6.07) is 0. The Labute approximate surface area is 131 Å². The maximum absolute atomic E-state index is 3.23. The molecular weight excluding hydrogens is 320 g/mol. The molecule has 1 rings (SSSR count). The molecule has 0 amide bonds. The van der Waals surface area contributed by atoms with Gasteiger partial charge in [0, 0.05) is 0 Å². The molecule has 1 radical (unpaired) electrons. The first-order valence-electron chi connectivity index (χ1n) is 4.83. The van der Waals surface area contributed by atoms with Crippen LogP contribution in [-0.4, -0.2) is 4.98 Å². The molecule has 16 heavy (non-hydrogen) atoms. The van der Waals surface area contributed by atoms with E-state index >= 15 is 0 Å². The van der Waals surface area contributed by atoms with Crippen LogP contribution in [-0.2, 0) is 37.0 Å². The van der Waals surface area contributed by atoms with Crippen LogP contribution in [0.25, 0.3) is 0 Å². The van der Waals surface area contributed by atoms with Crippen LogP contribution in [0.4, 0.5) is 0 Å². The maximum Gasteiger partial charge on any atom is 3.00 e. The van der Waals surface area contributed by atoms with Gasteiger partial charge in [-0.15, -0.1) is 18.0 Å². The molecule has 1 heterocycles. The molecule has 0 unspecified atom stereocenters. The monoisotopic (exact) mass is 338 g/mol. The van der Waals surface area contributed by atoms with Crippen LogP contribution in [0, 0.1) is 6.20 Å². The maximum atomic E-state index is 3.23. The number of halogens is 2. The van der Waals surface area contributed by atoms with Gasteiger partial charge in [0.05, 0.1) is 0 Å². The number of hydrogen-bond acceptors (Lipinski definition) is 0. The Hall–Kier alpha value is 0.743. The Morgan fingerprint density at radius 3 is 1.62 bits per heavy atom. The van der Waals surface area contributed by atoms with E-state index in [1.165, 1.54) is 11.1 Å². The second-order valence-electron chi connectivity index (χ2n) is 5.70. The SMILES string of the molecule is CC(C)(C)c1[c-][nH]cc1C(C)(C)C.[Cl-].[Cl-].[Zr+3]. The summed E-state index contributed by atoms with van der Waals surface area (Å²) in [5, 5.41) is 0. The van der Waals surface area contributed by atoms with Crippen LogP contribution in [0.3, 0.4) is 0 Å². The van der Waals surface area contributed by atoms with E-state index in [1.54, 1.807) is 0 Å². The van der Waals surface area contributed by atoms with Crippen molar-refractivity contribution < 1.29 is 51.0 Å². The fraction of sp³-hybridized carbons (Fsp3) is 0.667. The summed E-state index contributed by atoms with van der Waals surface area (Å²) in [4.78, 5) is 3.09. The van der Waals surface area contributed by atoms with Gasteiger partial charge in [0.25, 0.3) is 0 Å². The molecule has 0 saturated carbocycles. The molecule has 1 aromatic heterocycles. The molecule has 0 aliphatic rings. The van der Waals surface area contributed by atoms with Crippen LogP contribution >= 0.6 is 0 Å². The van der Waals surface area contributed by atoms with Gasteiger partial charge in [-0.3, -0.25) is 0 Å². The number of hydrogen-bond donors (Lipinski definition) is 1. The zero-order valence-electron chi connectivity index (χ0n) is 10.8. The van der Waals surface area contributed by atoms with Crippen molar-refractivity contribution in [1.82, 2.24) is 4.98 Å². The Balaban J connectivity index is -0.000000563. The summed E-state index contributed by atoms with van der Waals surface area (Å²) in [6.45, 7) is 13.4. The summed E-state index contributed by atoms with van der Waals surface area (Å²) < 4.78 is 0. The largest absolute Gasteiger partial charge is 3.00 e. The molecule has 4 heteroatoms. The van der Waals surface area contributed by atoms with E-state index in [4.69, 9.17) is 0 Å². The van der Waals surface area contributed by atoms with Crippen LogP contribution in [0.1, 0.15) is 52.7 Å². The minimum absolute atomic E-state index is 0. The second-order valence-corrected chi connectivity index (χ2v) is 5.70. The van der Waals surface area contributed by atoms with E-state index in [2.05, 4.69) is 58.9 Å². The number of aromatic nitrogens is 1. The molecule has 0 aromatic carbocycles. The zero-order chi connectivity index (χ0) is 10.3. The van der Waals surface area contributed by atoms with Gasteiger partial charge in [0.15, 0.2) is 0 Å². The number of rotatable bonds is 0. The summed E-state index contributed by atoms with van der Waals surface area (Å²) in [5.41, 5.74) is 3.07. The van der Waals surface area contributed by atoms with E-state index in [0.717, 1.165) is 0 Å². The first kappa shape index (κ1) is 22.0. The second kappa shape index (κ2) is 7.24. The number of nitrogens with one attached hydrogen (secondary N) is 1. The van der Waals surface area contributed by atoms with Crippen molar-refractivity contribution in [2.24, 2.45) is 0 Å². The first-order chi connectivity index (χ1) is 5.73. The molecule has 0 spiro atoms. The standard InChI is InChI=1S/C12H20N.2ClH.Zr/c1-11(2,3)9-7-13-8-10(9)12(4,5)6;;;/h7,13H,1-6H3;2*1H;/q-1;;;+3/p-2. The average Bonchev–Trinajstić information content (AvgIpc) is 2.27. The zero-order valence-corrected chi connectivity index (χ0v) is 14.8. The van der Waals surface area contributed by atoms with Crippen molar-refractivity contribution in [2.45, 2.75) is 52.4 Å². The molecule has 91 valence electrons. The molecule has 0 aliphatic carbocycles.